The number of amides is 1. The van der Waals surface area contributed by atoms with Gasteiger partial charge in [-0.3, -0.25) is 9.78 Å². The number of nitrogens with one attached hydrogen (secondary N) is 1. The Bertz CT molecular complexity index is 558. The maximum atomic E-state index is 13.0. The molecule has 1 saturated heterocycles. The first kappa shape index (κ1) is 31.1. The van der Waals surface area contributed by atoms with Crippen LogP contribution in [0.4, 0.5) is 8.78 Å². The highest BCUT2D eigenvalue weighted by molar-refractivity contribution is 5.76. The van der Waals surface area contributed by atoms with Gasteiger partial charge in [0.25, 0.3) is 0 Å². The van der Waals surface area contributed by atoms with Gasteiger partial charge in [-0.1, -0.05) is 33.6 Å². The second-order valence-corrected chi connectivity index (χ2v) is 7.56. The van der Waals surface area contributed by atoms with Gasteiger partial charge in [-0.2, -0.15) is 0 Å². The van der Waals surface area contributed by atoms with Crippen LogP contribution in [0.3, 0.4) is 0 Å². The summed E-state index contributed by atoms with van der Waals surface area (Å²) in [5.74, 6) is -1.26. The predicted octanol–water partition coefficient (Wildman–Crippen LogP) is 6.14. The van der Waals surface area contributed by atoms with Gasteiger partial charge in [0.15, 0.2) is 0 Å². The Morgan fingerprint density at radius 1 is 1.29 bits per heavy atom. The van der Waals surface area contributed by atoms with Crippen molar-refractivity contribution in [1.82, 2.24) is 10.3 Å². The lowest BCUT2D eigenvalue weighted by molar-refractivity contribution is -0.122. The van der Waals surface area contributed by atoms with Crippen LogP contribution in [-0.4, -0.2) is 36.8 Å². The molecule has 5 nitrogen and oxygen atoms in total. The first-order valence-electron chi connectivity index (χ1n) is 11.2. The Morgan fingerprint density at radius 3 is 2.29 bits per heavy atom. The molecule has 1 atom stereocenters. The summed E-state index contributed by atoms with van der Waals surface area (Å²) < 4.78 is 31.0. The molecule has 0 saturated carbocycles. The molecule has 0 bridgehead atoms. The number of nitrogens with zero attached hydrogens (tertiary/aromatic N) is 1. The fraction of sp³-hybridized carbons (Fsp3) is 0.708. The van der Waals surface area contributed by atoms with E-state index in [0.717, 1.165) is 56.4 Å². The molecule has 0 aliphatic carbocycles. The van der Waals surface area contributed by atoms with E-state index in [9.17, 15) is 13.6 Å². The number of carbonyl (C=O) groups excluding carboxylic acids is 2. The number of rotatable bonds is 7. The molecule has 0 aromatic carbocycles. The number of halogens is 2. The zero-order chi connectivity index (χ0) is 24.1. The normalized spacial score (nSPS) is 13.6. The Labute approximate surface area is 187 Å². The van der Waals surface area contributed by atoms with Crippen molar-refractivity contribution in [3.8, 4) is 5.75 Å². The highest BCUT2D eigenvalue weighted by atomic mass is 19.3. The number of hydrogen-bond donors (Lipinski definition) is 1. The van der Waals surface area contributed by atoms with Crippen molar-refractivity contribution in [1.29, 1.82) is 0 Å². The van der Waals surface area contributed by atoms with Crippen LogP contribution >= 0.6 is 0 Å². The van der Waals surface area contributed by atoms with E-state index >= 15 is 0 Å². The molecule has 1 N–H and O–H groups in total. The van der Waals surface area contributed by atoms with Gasteiger partial charge in [0.05, 0.1) is 13.3 Å². The van der Waals surface area contributed by atoms with E-state index in [2.05, 4.69) is 10.3 Å². The Hall–Kier alpha value is -2.05. The van der Waals surface area contributed by atoms with Crippen LogP contribution in [0.5, 0.6) is 5.75 Å². The summed E-state index contributed by atoms with van der Waals surface area (Å²) >= 11 is 0. The summed E-state index contributed by atoms with van der Waals surface area (Å²) in [5.41, 5.74) is 1.01. The fourth-order valence-electron chi connectivity index (χ4n) is 2.49. The predicted molar refractivity (Wildman–Crippen MR) is 123 cm³/mol. The molecule has 0 radical (unpaired) electrons. The minimum atomic E-state index is -2.43. The number of methoxy groups -OCH3 is 1. The average molecular weight is 445 g/mol. The van der Waals surface area contributed by atoms with Gasteiger partial charge in [0, 0.05) is 31.5 Å². The average Bonchev–Trinajstić information content (AvgIpc) is 2.74. The first-order valence-corrected chi connectivity index (χ1v) is 11.2. The van der Waals surface area contributed by atoms with Gasteiger partial charge in [0.2, 0.25) is 11.8 Å². The lowest BCUT2D eigenvalue weighted by Gasteiger charge is -2.19. The molecule has 1 aromatic rings. The van der Waals surface area contributed by atoms with Crippen molar-refractivity contribution in [3.63, 3.8) is 0 Å². The Kier molecular flexibility index (Phi) is 20.0. The molecule has 1 aromatic heterocycles. The van der Waals surface area contributed by atoms with Crippen LogP contribution in [0, 0.1) is 12.8 Å². The minimum absolute atomic E-state index is 0.0590. The molecule has 2 rings (SSSR count). The molecule has 2 heterocycles. The smallest absolute Gasteiger partial charge is 0.248 e. The van der Waals surface area contributed by atoms with Crippen LogP contribution < -0.4 is 10.1 Å². The van der Waals surface area contributed by atoms with Crippen molar-refractivity contribution in [2.75, 3.05) is 13.7 Å². The zero-order valence-corrected chi connectivity index (χ0v) is 20.2. The van der Waals surface area contributed by atoms with Crippen LogP contribution in [0.25, 0.3) is 0 Å². The topological polar surface area (TPSA) is 68.3 Å². The Morgan fingerprint density at radius 2 is 1.94 bits per heavy atom. The number of aromatic nitrogens is 1. The van der Waals surface area contributed by atoms with E-state index in [1.165, 1.54) is 6.92 Å². The molecule has 7 heteroatoms. The number of aryl methyl sites for hydroxylation is 1. The summed E-state index contributed by atoms with van der Waals surface area (Å²) in [6, 6.07) is 3.81. The third-order valence-electron chi connectivity index (χ3n) is 4.51. The standard InChI is InChI=1S/C10H20F2.C7H9NO.C5H9NO.C2H4O/c1-4-6-7-10(11,12)8-9(3)5-2;1-6-3-4-7(9-2)5-8-6;7-5-3-1-2-4-6-5;1-2-3/h9H,4-8H2,1-3H3;3-5H,1-2H3;1-4H2,(H,6,7);2H,1H3. The van der Waals surface area contributed by atoms with Crippen LogP contribution in [0.15, 0.2) is 18.3 Å². The van der Waals surface area contributed by atoms with E-state index in [1.54, 1.807) is 13.3 Å². The second kappa shape index (κ2) is 19.9. The highest BCUT2D eigenvalue weighted by Crippen LogP contribution is 2.29. The second-order valence-electron chi connectivity index (χ2n) is 7.56. The van der Waals surface area contributed by atoms with Gasteiger partial charge in [-0.25, -0.2) is 8.78 Å². The molecule has 31 heavy (non-hydrogen) atoms. The largest absolute Gasteiger partial charge is 0.495 e. The summed E-state index contributed by atoms with van der Waals surface area (Å²) in [4.78, 5) is 23.2. The van der Waals surface area contributed by atoms with E-state index in [4.69, 9.17) is 9.53 Å². The summed E-state index contributed by atoms with van der Waals surface area (Å²) in [7, 11) is 1.63. The fourth-order valence-corrected chi connectivity index (χ4v) is 2.49. The van der Waals surface area contributed by atoms with Gasteiger partial charge < -0.3 is 14.8 Å². The Balaban J connectivity index is 0. The summed E-state index contributed by atoms with van der Waals surface area (Å²) in [6.07, 6.45) is 7.89. The SMILES string of the molecule is CC=O.CCCCC(F)(F)CC(C)CC.COc1ccc(C)nc1.O=C1CCCCN1. The van der Waals surface area contributed by atoms with Crippen LogP contribution in [0.2, 0.25) is 0 Å². The third-order valence-corrected chi connectivity index (χ3v) is 4.51. The first-order chi connectivity index (χ1) is 14.6. The van der Waals surface area contributed by atoms with E-state index < -0.39 is 5.92 Å². The number of piperidine rings is 1. The van der Waals surface area contributed by atoms with Gasteiger partial charge in [0.1, 0.15) is 12.0 Å². The van der Waals surface area contributed by atoms with Crippen molar-refractivity contribution in [2.45, 2.75) is 91.9 Å². The monoisotopic (exact) mass is 444 g/mol. The van der Waals surface area contributed by atoms with Crippen molar-refractivity contribution in [3.05, 3.63) is 24.0 Å². The van der Waals surface area contributed by atoms with E-state index in [0.29, 0.717) is 6.42 Å². The number of alkyl halides is 2. The van der Waals surface area contributed by atoms with Crippen LogP contribution in [0.1, 0.15) is 84.8 Å². The van der Waals surface area contributed by atoms with Gasteiger partial charge in [-0.15, -0.1) is 0 Å². The molecule has 1 unspecified atom stereocenters. The van der Waals surface area contributed by atoms with E-state index in [-0.39, 0.29) is 24.7 Å². The minimum Gasteiger partial charge on any atom is -0.495 e. The van der Waals surface area contributed by atoms with E-state index in [1.807, 2.05) is 39.8 Å². The molecule has 1 fully saturated rings. The summed E-state index contributed by atoms with van der Waals surface area (Å²) in [6.45, 7) is 10.1. The van der Waals surface area contributed by atoms with Gasteiger partial charge >= 0.3 is 0 Å². The molecule has 180 valence electrons. The molecule has 0 spiro atoms. The molecular formula is C24H42F2N2O3. The number of carbonyl (C=O) groups is 2. The van der Waals surface area contributed by atoms with Crippen LogP contribution in [-0.2, 0) is 9.59 Å². The number of ether oxygens (including phenoxy) is 1. The molecule has 1 amide bonds. The highest BCUT2D eigenvalue weighted by Gasteiger charge is 2.29. The lowest BCUT2D eigenvalue weighted by atomic mass is 9.97. The number of pyridine rings is 1. The quantitative estimate of drug-likeness (QED) is 0.513. The van der Waals surface area contributed by atoms with Crippen molar-refractivity contribution in [2.24, 2.45) is 5.92 Å². The third kappa shape index (κ3) is 21.0. The maximum Gasteiger partial charge on any atom is 0.248 e. The van der Waals surface area contributed by atoms with Crippen molar-refractivity contribution < 1.29 is 23.1 Å². The summed E-state index contributed by atoms with van der Waals surface area (Å²) in [5, 5.41) is 2.74. The van der Waals surface area contributed by atoms with Crippen molar-refractivity contribution >= 4 is 12.2 Å². The maximum absolute atomic E-state index is 13.0. The number of unbranched alkanes of at least 4 members (excludes halogenated alkanes) is 1. The molecular weight excluding hydrogens is 402 g/mol. The lowest BCUT2D eigenvalue weighted by Crippen LogP contribution is -2.28. The molecule has 1 aliphatic rings. The number of hydrogen-bond acceptors (Lipinski definition) is 4. The van der Waals surface area contributed by atoms with Gasteiger partial charge in [-0.05, 0) is 51.2 Å². The molecule has 1 aliphatic heterocycles. The number of aldehydes is 1. The zero-order valence-electron chi connectivity index (χ0n) is 20.2.